The van der Waals surface area contributed by atoms with Gasteiger partial charge in [-0.15, -0.1) is 0 Å². The highest BCUT2D eigenvalue weighted by Crippen LogP contribution is 2.53. The van der Waals surface area contributed by atoms with Gasteiger partial charge in [-0.05, 0) is 105 Å². The first-order valence-electron chi connectivity index (χ1n) is 26.3. The second-order valence-electron chi connectivity index (χ2n) is 25.2. The molecule has 15 unspecified atom stereocenters. The maximum Gasteiger partial charge on any atom is 0.192 e. The Balaban J connectivity index is 0.995. The average molecular weight is 975 g/mol. The number of Topliss-reactive ketones (excluding diaryl/α,β-unsaturated/α-hetero) is 1. The molecule has 9 aliphatic heterocycles. The molecular weight excluding hydrogens is 885 g/mol. The van der Waals surface area contributed by atoms with Crippen LogP contribution < -0.4 is 0 Å². The average Bonchev–Trinajstić information content (AvgIpc) is 3.91. The Kier molecular flexibility index (Phi) is 15.6. The van der Waals surface area contributed by atoms with Crippen molar-refractivity contribution in [3.05, 3.63) is 24.3 Å². The van der Waals surface area contributed by atoms with Crippen LogP contribution >= 0.6 is 0 Å². The molecule has 0 radical (unpaired) electrons. The third-order valence-corrected chi connectivity index (χ3v) is 27.2. The van der Waals surface area contributed by atoms with E-state index in [1.54, 1.807) is 7.11 Å². The number of hydrogen-bond donors (Lipinski definition) is 0. The maximum atomic E-state index is 14.6. The summed E-state index contributed by atoms with van der Waals surface area (Å²) in [6.07, 6.45) is 6.19. The van der Waals surface area contributed by atoms with Gasteiger partial charge >= 0.3 is 0 Å². The minimum Gasteiger partial charge on any atom is -0.414 e. The summed E-state index contributed by atoms with van der Waals surface area (Å²) in [4.78, 5) is 14.6. The SMILES string of the molecule is C=C1CC(CC)OC1CCC1CC(C)C(=C)C(CC2OC(CC(CO[Si](C)(C)C(C)(C)C)O[Si](C)(C)C(C)(C)C)[C@H](OC)C2CC(=O)CC2CCC3O[C@H]4C5O[C@]6(C)CC5OC4C(O6)[C@H]3O2)O1. The van der Waals surface area contributed by atoms with Crippen molar-refractivity contribution in [3.8, 4) is 0 Å². The van der Waals surface area contributed by atoms with Crippen LogP contribution in [0.15, 0.2) is 24.3 Å². The molecule has 0 amide bonds. The van der Waals surface area contributed by atoms with Gasteiger partial charge in [-0.2, -0.15) is 0 Å². The lowest BCUT2D eigenvalue weighted by Gasteiger charge is -2.47. The lowest BCUT2D eigenvalue weighted by atomic mass is 9.81. The number of carbonyl (C=O) groups is 1. The van der Waals surface area contributed by atoms with Gasteiger partial charge < -0.3 is 51.5 Å². The molecule has 382 valence electrons. The van der Waals surface area contributed by atoms with Crippen molar-refractivity contribution in [2.75, 3.05) is 13.7 Å². The number of ketones is 1. The number of carbonyl (C=O) groups excluding carboxylic acids is 1. The van der Waals surface area contributed by atoms with E-state index in [9.17, 15) is 4.79 Å². The first-order valence-corrected chi connectivity index (χ1v) is 32.1. The predicted molar refractivity (Wildman–Crippen MR) is 263 cm³/mol. The van der Waals surface area contributed by atoms with Gasteiger partial charge in [-0.3, -0.25) is 4.79 Å². The molecule has 0 aromatic heterocycles. The molecule has 9 heterocycles. The second-order valence-corrected chi connectivity index (χ2v) is 34.8. The summed E-state index contributed by atoms with van der Waals surface area (Å²) in [6.45, 7) is 38.8. The van der Waals surface area contributed by atoms with Crippen LogP contribution in [0, 0.1) is 11.8 Å². The Hall–Kier alpha value is -0.856. The van der Waals surface area contributed by atoms with Gasteiger partial charge in [0.25, 0.3) is 0 Å². The second kappa shape index (κ2) is 19.9. The van der Waals surface area contributed by atoms with E-state index in [2.05, 4.69) is 94.7 Å². The highest BCUT2D eigenvalue weighted by molar-refractivity contribution is 6.74. The first-order chi connectivity index (χ1) is 31.3. The van der Waals surface area contributed by atoms with Crippen LogP contribution in [0.4, 0.5) is 0 Å². The fourth-order valence-corrected chi connectivity index (χ4v) is 14.4. The van der Waals surface area contributed by atoms with Crippen molar-refractivity contribution in [3.63, 3.8) is 0 Å². The quantitative estimate of drug-likeness (QED) is 0.0961. The van der Waals surface area contributed by atoms with Crippen LogP contribution in [0.3, 0.4) is 0 Å². The summed E-state index contributed by atoms with van der Waals surface area (Å²) in [5.41, 5.74) is 2.29. The molecule has 67 heavy (non-hydrogen) atoms. The number of fused-ring (bicyclic) bond motifs is 1. The van der Waals surface area contributed by atoms with Crippen molar-refractivity contribution in [1.82, 2.24) is 0 Å². The maximum absolute atomic E-state index is 14.6. The fraction of sp³-hybridized carbons (Fsp3) is 0.906. The summed E-state index contributed by atoms with van der Waals surface area (Å²) in [6, 6.07) is 0. The van der Waals surface area contributed by atoms with E-state index >= 15 is 0 Å². The molecular formula is C53H90O12Si2. The molecule has 9 fully saturated rings. The largest absolute Gasteiger partial charge is 0.414 e. The third kappa shape index (κ3) is 11.1. The Labute approximate surface area is 406 Å². The first kappa shape index (κ1) is 52.5. The minimum atomic E-state index is -2.23. The smallest absolute Gasteiger partial charge is 0.192 e. The summed E-state index contributed by atoms with van der Waals surface area (Å²) < 4.78 is 74.2. The molecule has 6 bridgehead atoms. The van der Waals surface area contributed by atoms with Crippen molar-refractivity contribution in [2.45, 2.75) is 279 Å². The molecule has 19 atom stereocenters. The number of methoxy groups -OCH3 is 1. The van der Waals surface area contributed by atoms with Gasteiger partial charge in [0.15, 0.2) is 22.4 Å². The highest BCUT2D eigenvalue weighted by Gasteiger charge is 2.68. The van der Waals surface area contributed by atoms with E-state index in [0.717, 1.165) is 50.5 Å². The van der Waals surface area contributed by atoms with Gasteiger partial charge in [-0.25, -0.2) is 0 Å². The summed E-state index contributed by atoms with van der Waals surface area (Å²) in [5.74, 6) is -0.498. The lowest BCUT2D eigenvalue weighted by molar-refractivity contribution is -0.285. The van der Waals surface area contributed by atoms with Gasteiger partial charge in [0, 0.05) is 45.1 Å². The molecule has 9 aliphatic rings. The van der Waals surface area contributed by atoms with Gasteiger partial charge in [0.05, 0.1) is 73.8 Å². The Bertz CT molecular complexity index is 1780. The van der Waals surface area contributed by atoms with Crippen LogP contribution in [0.25, 0.3) is 0 Å². The fourth-order valence-electron chi connectivity index (χ4n) is 12.0. The topological polar surface area (TPSA) is 119 Å². The zero-order valence-corrected chi connectivity index (χ0v) is 45.9. The zero-order valence-electron chi connectivity index (χ0n) is 43.9. The van der Waals surface area contributed by atoms with Crippen molar-refractivity contribution in [1.29, 1.82) is 0 Å². The lowest BCUT2D eigenvalue weighted by Crippen LogP contribution is -2.61. The van der Waals surface area contributed by atoms with Gasteiger partial charge in [-0.1, -0.05) is 68.5 Å². The number of ether oxygens (including phenoxy) is 9. The molecule has 9 saturated heterocycles. The van der Waals surface area contributed by atoms with Gasteiger partial charge in [0.1, 0.15) is 36.3 Å². The number of hydrogen-bond acceptors (Lipinski definition) is 12. The monoisotopic (exact) mass is 975 g/mol. The summed E-state index contributed by atoms with van der Waals surface area (Å²) >= 11 is 0. The number of rotatable bonds is 18. The normalized spacial score (nSPS) is 42.6. The molecule has 0 spiro atoms. The zero-order chi connectivity index (χ0) is 48.6. The van der Waals surface area contributed by atoms with Crippen molar-refractivity contribution >= 4 is 22.4 Å². The minimum absolute atomic E-state index is 0.00522. The molecule has 12 nitrogen and oxygen atoms in total. The van der Waals surface area contributed by atoms with E-state index in [-0.39, 0.29) is 125 Å². The van der Waals surface area contributed by atoms with Crippen molar-refractivity contribution < 1.29 is 56.3 Å². The van der Waals surface area contributed by atoms with Crippen LogP contribution in [0.5, 0.6) is 0 Å². The van der Waals surface area contributed by atoms with Gasteiger partial charge in [0.2, 0.25) is 0 Å². The van der Waals surface area contributed by atoms with Crippen LogP contribution in [-0.2, 0) is 56.3 Å². The van der Waals surface area contributed by atoms with E-state index in [1.807, 2.05) is 6.92 Å². The third-order valence-electron chi connectivity index (χ3n) is 18.1. The molecule has 0 saturated carbocycles. The molecule has 14 heteroatoms. The molecule has 0 aliphatic carbocycles. The Morgan fingerprint density at radius 2 is 1.45 bits per heavy atom. The molecule has 0 N–H and O–H groups in total. The van der Waals surface area contributed by atoms with E-state index in [4.69, 9.17) is 51.5 Å². The Morgan fingerprint density at radius 3 is 2.12 bits per heavy atom. The Morgan fingerprint density at radius 1 is 0.776 bits per heavy atom. The summed E-state index contributed by atoms with van der Waals surface area (Å²) in [5, 5.41) is 0.0566. The van der Waals surface area contributed by atoms with Crippen LogP contribution in [-0.4, -0.2) is 140 Å². The molecule has 0 aromatic rings. The van der Waals surface area contributed by atoms with E-state index < -0.39 is 22.4 Å². The molecule has 0 aromatic carbocycles. The summed E-state index contributed by atoms with van der Waals surface area (Å²) in [7, 11) is -2.57. The van der Waals surface area contributed by atoms with E-state index in [1.165, 1.54) is 5.57 Å². The van der Waals surface area contributed by atoms with E-state index in [0.29, 0.717) is 38.7 Å². The van der Waals surface area contributed by atoms with Crippen LogP contribution in [0.2, 0.25) is 36.3 Å². The highest BCUT2D eigenvalue weighted by atomic mass is 28.4. The standard InChI is InChI=1S/C53H90O12Si2/c1-17-34-23-31(3)39(57-34)20-18-35-22-30(2)32(4)41(58-35)27-42-38(45(55-12)43(60-42)26-37(65-67(15,16)52(8,9)10)29-56-66(13,14)51(5,6)7)25-33(54)24-36-19-21-40-46(59-36)50-49-48(61-40)47-44(62-49)28-53(11,63-47)64-50/h30,34-50H,3-4,17-29H2,1-2,5-16H3/t30?,34?,35?,36?,37?,38?,39?,40?,41?,42?,43?,44?,45-,46+,47?,48+,49?,50?,53+/m1/s1. The van der Waals surface area contributed by atoms with Crippen molar-refractivity contribution in [2.24, 2.45) is 11.8 Å². The predicted octanol–water partition coefficient (Wildman–Crippen LogP) is 10.2. The van der Waals surface area contributed by atoms with Crippen LogP contribution in [0.1, 0.15) is 139 Å². The molecule has 9 rings (SSSR count).